The summed E-state index contributed by atoms with van der Waals surface area (Å²) in [4.78, 5) is 22.1. The molecule has 0 saturated heterocycles. The van der Waals surface area contributed by atoms with Crippen LogP contribution in [0.2, 0.25) is 0 Å². The summed E-state index contributed by atoms with van der Waals surface area (Å²) >= 11 is 0. The van der Waals surface area contributed by atoms with Crippen molar-refractivity contribution in [2.45, 2.75) is 46.4 Å². The van der Waals surface area contributed by atoms with Gasteiger partial charge in [-0.15, -0.1) is 0 Å². The van der Waals surface area contributed by atoms with Crippen LogP contribution >= 0.6 is 0 Å². The minimum absolute atomic E-state index is 0.246. The third-order valence-corrected chi connectivity index (χ3v) is 8.58. The molecule has 2 aromatic heterocycles. The number of nitrogens with zero attached hydrogens (tertiary/aromatic N) is 6. The third-order valence-electron chi connectivity index (χ3n) is 8.58. The highest BCUT2D eigenvalue weighted by molar-refractivity contribution is 5.58. The summed E-state index contributed by atoms with van der Waals surface area (Å²) in [5.74, 6) is 2.68. The third kappa shape index (κ3) is 11.5. The highest BCUT2D eigenvalue weighted by atomic mass is 16.5. The Morgan fingerprint density at radius 3 is 1.64 bits per heavy atom. The van der Waals surface area contributed by atoms with Gasteiger partial charge in [0.25, 0.3) is 0 Å². The van der Waals surface area contributed by atoms with Gasteiger partial charge in [-0.05, 0) is 81.0 Å². The largest absolute Gasteiger partial charge is 0.493 e. The van der Waals surface area contributed by atoms with Crippen LogP contribution in [-0.4, -0.2) is 50.4 Å². The Hall–Kier alpha value is -6.04. The standard InChI is InChI=1S/C42H48N10O/c1-29-8-14-34(15-9-29)45-39-23-36(47-41(43)49-39)27-51(3)25-32-12-18-38(19-13-32)53-21-20-31-10-16-35(17-11-31)46-40-24-37(48-42(44)50-40)28-52(4)26-33-7-5-6-30(2)22-33/h5-19,22-24H,20-21,25-28H2,1-4H3,(H3,43,45,47,49)(H3,44,46,48,50). The number of anilines is 6. The van der Waals surface area contributed by atoms with Crippen LogP contribution in [0, 0.1) is 13.8 Å². The lowest BCUT2D eigenvalue weighted by Crippen LogP contribution is -2.18. The van der Waals surface area contributed by atoms with E-state index in [0.29, 0.717) is 31.3 Å². The quantitative estimate of drug-likeness (QED) is 0.0798. The SMILES string of the molecule is Cc1ccc(Nc2cc(CN(C)Cc3ccc(OCCc4ccc(Nc5cc(CN(C)Cc6cccc(C)c6)nc(N)n5)cc4)cc3)nc(N)n2)cc1. The summed E-state index contributed by atoms with van der Waals surface area (Å²) in [6.07, 6.45) is 0.783. The summed E-state index contributed by atoms with van der Waals surface area (Å²) in [6.45, 7) is 7.59. The molecular formula is C42H48N10O. The Morgan fingerprint density at radius 1 is 0.547 bits per heavy atom. The van der Waals surface area contributed by atoms with Crippen molar-refractivity contribution < 1.29 is 4.74 Å². The Bertz CT molecular complexity index is 2090. The molecule has 0 saturated carbocycles. The number of hydrogen-bond acceptors (Lipinski definition) is 11. The van der Waals surface area contributed by atoms with Gasteiger partial charge in [-0.1, -0.05) is 71.8 Å². The van der Waals surface area contributed by atoms with Gasteiger partial charge in [-0.3, -0.25) is 9.80 Å². The smallest absolute Gasteiger partial charge is 0.222 e. The molecule has 6 N–H and O–H groups in total. The Morgan fingerprint density at radius 2 is 1.08 bits per heavy atom. The van der Waals surface area contributed by atoms with Crippen LogP contribution in [0.25, 0.3) is 0 Å². The van der Waals surface area contributed by atoms with E-state index in [1.807, 2.05) is 48.5 Å². The van der Waals surface area contributed by atoms with Gasteiger partial charge in [0.05, 0.1) is 18.0 Å². The topological polar surface area (TPSA) is 143 Å². The molecule has 0 aliphatic carbocycles. The lowest BCUT2D eigenvalue weighted by molar-refractivity contribution is 0.312. The predicted octanol–water partition coefficient (Wildman–Crippen LogP) is 7.42. The Labute approximate surface area is 312 Å². The van der Waals surface area contributed by atoms with Gasteiger partial charge in [0, 0.05) is 56.1 Å². The molecule has 0 aliphatic heterocycles. The van der Waals surface area contributed by atoms with Crippen LogP contribution in [0.4, 0.5) is 34.9 Å². The maximum absolute atomic E-state index is 6.07. The number of nitrogen functional groups attached to an aromatic ring is 2. The normalized spacial score (nSPS) is 11.2. The number of rotatable bonds is 16. The van der Waals surface area contributed by atoms with Gasteiger partial charge >= 0.3 is 0 Å². The second-order valence-electron chi connectivity index (χ2n) is 13.6. The first-order valence-electron chi connectivity index (χ1n) is 17.7. The predicted molar refractivity (Wildman–Crippen MR) is 214 cm³/mol. The average molecular weight is 709 g/mol. The summed E-state index contributed by atoms with van der Waals surface area (Å²) < 4.78 is 6.07. The average Bonchev–Trinajstić information content (AvgIpc) is 3.10. The minimum atomic E-state index is 0.246. The highest BCUT2D eigenvalue weighted by Crippen LogP contribution is 2.21. The zero-order chi connectivity index (χ0) is 37.2. The zero-order valence-electron chi connectivity index (χ0n) is 30.9. The van der Waals surface area contributed by atoms with E-state index in [2.05, 4.69) is 129 Å². The summed E-state index contributed by atoms with van der Waals surface area (Å²) in [5.41, 5.74) is 21.8. The van der Waals surface area contributed by atoms with E-state index < -0.39 is 0 Å². The fourth-order valence-corrected chi connectivity index (χ4v) is 6.09. The molecule has 0 spiro atoms. The van der Waals surface area contributed by atoms with Crippen LogP contribution in [0.15, 0.2) is 109 Å². The van der Waals surface area contributed by atoms with E-state index >= 15 is 0 Å². The van der Waals surface area contributed by atoms with Crippen molar-refractivity contribution >= 4 is 34.9 Å². The van der Waals surface area contributed by atoms with Gasteiger partial charge < -0.3 is 26.8 Å². The first-order valence-corrected chi connectivity index (χ1v) is 17.7. The minimum Gasteiger partial charge on any atom is -0.493 e. The molecule has 11 nitrogen and oxygen atoms in total. The fourth-order valence-electron chi connectivity index (χ4n) is 6.09. The van der Waals surface area contributed by atoms with E-state index in [0.717, 1.165) is 48.0 Å². The maximum atomic E-state index is 6.07. The molecule has 0 unspecified atom stereocenters. The molecule has 0 aliphatic rings. The Kier molecular flexibility index (Phi) is 12.1. The molecule has 11 heteroatoms. The molecule has 0 bridgehead atoms. The van der Waals surface area contributed by atoms with Crippen LogP contribution < -0.4 is 26.8 Å². The molecule has 2 heterocycles. The molecule has 0 fully saturated rings. The molecule has 0 radical (unpaired) electrons. The van der Waals surface area contributed by atoms with Crippen molar-refractivity contribution in [3.05, 3.63) is 148 Å². The summed E-state index contributed by atoms with van der Waals surface area (Å²) in [6, 6.07) is 37.1. The molecule has 0 atom stereocenters. The Balaban J connectivity index is 0.940. The van der Waals surface area contributed by atoms with E-state index in [1.54, 1.807) is 0 Å². The second-order valence-corrected chi connectivity index (χ2v) is 13.6. The van der Waals surface area contributed by atoms with Crippen LogP contribution in [-0.2, 0) is 32.6 Å². The van der Waals surface area contributed by atoms with Crippen LogP contribution in [0.1, 0.15) is 39.2 Å². The number of aromatic nitrogens is 4. The zero-order valence-corrected chi connectivity index (χ0v) is 30.9. The van der Waals surface area contributed by atoms with Crippen molar-refractivity contribution in [3.63, 3.8) is 0 Å². The number of ether oxygens (including phenoxy) is 1. The van der Waals surface area contributed by atoms with Crippen LogP contribution in [0.3, 0.4) is 0 Å². The van der Waals surface area contributed by atoms with Crippen molar-refractivity contribution in [2.24, 2.45) is 0 Å². The van der Waals surface area contributed by atoms with E-state index in [1.165, 1.54) is 27.8 Å². The number of hydrogen-bond donors (Lipinski definition) is 4. The molecule has 53 heavy (non-hydrogen) atoms. The first-order chi connectivity index (χ1) is 25.6. The molecule has 272 valence electrons. The molecule has 6 aromatic rings. The maximum Gasteiger partial charge on any atom is 0.222 e. The number of benzene rings is 4. The molecule has 6 rings (SSSR count). The molecule has 0 amide bonds. The van der Waals surface area contributed by atoms with Gasteiger partial charge in [-0.2, -0.15) is 9.97 Å². The summed E-state index contributed by atoms with van der Waals surface area (Å²) in [7, 11) is 4.14. The highest BCUT2D eigenvalue weighted by Gasteiger charge is 2.10. The first kappa shape index (κ1) is 36.7. The van der Waals surface area contributed by atoms with Crippen molar-refractivity contribution in [1.82, 2.24) is 29.7 Å². The lowest BCUT2D eigenvalue weighted by Gasteiger charge is -2.17. The second kappa shape index (κ2) is 17.5. The van der Waals surface area contributed by atoms with Crippen molar-refractivity contribution in [3.8, 4) is 5.75 Å². The monoisotopic (exact) mass is 708 g/mol. The van der Waals surface area contributed by atoms with Gasteiger partial charge in [0.1, 0.15) is 17.4 Å². The van der Waals surface area contributed by atoms with Crippen LogP contribution in [0.5, 0.6) is 5.75 Å². The van der Waals surface area contributed by atoms with E-state index in [4.69, 9.17) is 16.2 Å². The molecule has 4 aromatic carbocycles. The van der Waals surface area contributed by atoms with Crippen molar-refractivity contribution in [1.29, 1.82) is 0 Å². The van der Waals surface area contributed by atoms with Gasteiger partial charge in [0.15, 0.2) is 0 Å². The van der Waals surface area contributed by atoms with Gasteiger partial charge in [0.2, 0.25) is 11.9 Å². The van der Waals surface area contributed by atoms with Crippen molar-refractivity contribution in [2.75, 3.05) is 42.8 Å². The van der Waals surface area contributed by atoms with E-state index in [9.17, 15) is 0 Å². The molecular weight excluding hydrogens is 661 g/mol. The lowest BCUT2D eigenvalue weighted by atomic mass is 10.1. The number of nitrogens with two attached hydrogens (primary N) is 2. The fraction of sp³-hybridized carbons (Fsp3) is 0.238. The number of aryl methyl sites for hydroxylation is 2. The summed E-state index contributed by atoms with van der Waals surface area (Å²) in [5, 5.41) is 6.69. The van der Waals surface area contributed by atoms with E-state index in [-0.39, 0.29) is 11.9 Å². The number of nitrogens with one attached hydrogen (secondary N) is 2. The van der Waals surface area contributed by atoms with Gasteiger partial charge in [-0.25, -0.2) is 9.97 Å².